The first kappa shape index (κ1) is 64.9. The molecule has 0 bridgehead atoms. The Morgan fingerprint density at radius 1 is 0.240 bits per heavy atom. The van der Waals surface area contributed by atoms with Crippen LogP contribution in [-0.4, -0.2) is 0 Å². The van der Waals surface area contributed by atoms with Gasteiger partial charge in [0.15, 0.2) is 36.2 Å². The fourth-order valence-electron chi connectivity index (χ4n) is 12.3. The lowest BCUT2D eigenvalue weighted by Crippen LogP contribution is -2.34. The minimum Gasteiger partial charge on any atom is -0.201 e. The summed E-state index contributed by atoms with van der Waals surface area (Å²) in [6.45, 7) is 29.8. The average molecular weight is 1280 g/mol. The SMILES string of the molecule is Cc1cc(C)[n+](C)c(-c2ccccc2C)c1.Cc1cc(C)[n+](C)c(-c2ccccc2C)c1.Cc1ccc(-c2ccc(C)c[n+]2C)c(C)c1.Cc1ccc(C)c(-c2ccc(C)c[n+]2C)c1.Cc1ccccc1-c1c(C)c(C)cc[n+]1C.[2H]C([2H])([2H])c1ccc(-c2ccc(C([2H])([2H])[2H])c[n+]2C)c(C)c1. The average Bonchev–Trinajstić information content (AvgIpc) is 0.808. The molecule has 492 valence electrons. The van der Waals surface area contributed by atoms with E-state index in [0.29, 0.717) is 5.56 Å². The molecular formula is C90H108N6+6. The second-order valence-electron chi connectivity index (χ2n) is 26.3. The van der Waals surface area contributed by atoms with Crippen LogP contribution in [0.4, 0.5) is 0 Å². The highest BCUT2D eigenvalue weighted by Crippen LogP contribution is 2.28. The zero-order valence-electron chi connectivity index (χ0n) is 67.5. The van der Waals surface area contributed by atoms with Crippen LogP contribution in [0.3, 0.4) is 0 Å². The molecule has 0 atom stereocenters. The maximum atomic E-state index is 7.45. The minimum absolute atomic E-state index is 0.274. The number of hydrogen-bond acceptors (Lipinski definition) is 0. The summed E-state index contributed by atoms with van der Waals surface area (Å²) in [5.41, 5.74) is 35.9. The van der Waals surface area contributed by atoms with Crippen molar-refractivity contribution < 1.29 is 35.6 Å². The molecule has 0 fully saturated rings. The van der Waals surface area contributed by atoms with Crippen LogP contribution in [0.1, 0.15) is 109 Å². The Kier molecular flexibility index (Phi) is 22.7. The van der Waals surface area contributed by atoms with Gasteiger partial charge in [0.1, 0.15) is 42.3 Å². The Balaban J connectivity index is 0.000000172. The van der Waals surface area contributed by atoms with Gasteiger partial charge >= 0.3 is 0 Å². The molecule has 0 amide bonds. The molecule has 0 N–H and O–H groups in total. The lowest BCUT2D eigenvalue weighted by molar-refractivity contribution is -0.666. The Labute approximate surface area is 586 Å². The Morgan fingerprint density at radius 3 is 1.03 bits per heavy atom. The second kappa shape index (κ2) is 33.6. The van der Waals surface area contributed by atoms with E-state index in [2.05, 4.69) is 344 Å². The first-order valence-corrected chi connectivity index (χ1v) is 33.2. The maximum Gasteiger partial charge on any atom is 0.215 e. The van der Waals surface area contributed by atoms with Gasteiger partial charge in [0.25, 0.3) is 0 Å². The minimum atomic E-state index is -2.14. The number of hydrogen-bond donors (Lipinski definition) is 0. The summed E-state index contributed by atoms with van der Waals surface area (Å²) in [5, 5.41) is 0. The fraction of sp³-hybridized carbons (Fsp3) is 0.267. The molecule has 0 radical (unpaired) electrons. The topological polar surface area (TPSA) is 23.3 Å². The standard InChI is InChI=1S/6C15H18N/c2*1-11-5-7-14(13(3)9-11)15-8-6-12(2)10-16(15)4;1-11-5-7-13(3)14(9-11)15-8-6-12(2)10-16(15)4;2*1-11-9-13(3)16(4)15(10-11)14-8-6-5-7-12(14)2;1-11-9-10-16(4)15(13(11)3)14-8-6-5-7-12(14)2/h6*5-10H,1-4H3/q6*+1/i1D3,2D3;;;;;. The summed E-state index contributed by atoms with van der Waals surface area (Å²) < 4.78 is 57.5. The molecule has 0 aliphatic rings. The molecule has 96 heavy (non-hydrogen) atoms. The van der Waals surface area contributed by atoms with Crippen molar-refractivity contribution >= 4 is 0 Å². The molecule has 0 aliphatic carbocycles. The van der Waals surface area contributed by atoms with Crippen molar-refractivity contribution in [1.29, 1.82) is 0 Å². The monoisotopic (exact) mass is 1280 g/mol. The van der Waals surface area contributed by atoms with E-state index in [-0.39, 0.29) is 5.56 Å². The van der Waals surface area contributed by atoms with Gasteiger partial charge in [-0.25, -0.2) is 18.3 Å². The van der Waals surface area contributed by atoms with Crippen LogP contribution >= 0.6 is 0 Å². The summed E-state index contributed by atoms with van der Waals surface area (Å²) in [6, 6.07) is 66.9. The van der Waals surface area contributed by atoms with Crippen molar-refractivity contribution in [2.24, 2.45) is 42.3 Å². The van der Waals surface area contributed by atoms with Gasteiger partial charge < -0.3 is 0 Å². The third-order valence-corrected chi connectivity index (χ3v) is 18.0. The number of aryl methyl sites for hydroxylation is 21. The molecule has 0 saturated heterocycles. The Morgan fingerprint density at radius 2 is 0.594 bits per heavy atom. The van der Waals surface area contributed by atoms with Gasteiger partial charge in [-0.15, -0.1) is 0 Å². The lowest BCUT2D eigenvalue weighted by atomic mass is 9.99. The number of benzene rings is 6. The van der Waals surface area contributed by atoms with E-state index < -0.39 is 13.7 Å². The molecular weight excluding hydrogens is 1170 g/mol. The van der Waals surface area contributed by atoms with Crippen LogP contribution in [0, 0.1) is 124 Å². The summed E-state index contributed by atoms with van der Waals surface area (Å²) >= 11 is 0. The van der Waals surface area contributed by atoms with Crippen molar-refractivity contribution in [2.45, 2.75) is 124 Å². The van der Waals surface area contributed by atoms with Gasteiger partial charge in [0.2, 0.25) is 34.2 Å². The second-order valence-corrected chi connectivity index (χ2v) is 26.3. The molecule has 12 aromatic rings. The maximum absolute atomic E-state index is 7.45. The molecule has 6 heteroatoms. The van der Waals surface area contributed by atoms with E-state index in [0.717, 1.165) is 16.8 Å². The first-order valence-electron chi connectivity index (χ1n) is 36.2. The van der Waals surface area contributed by atoms with Gasteiger partial charge in [0.05, 0.1) is 0 Å². The van der Waals surface area contributed by atoms with Crippen LogP contribution in [0.15, 0.2) is 219 Å². The molecule has 6 aromatic carbocycles. The first-order chi connectivity index (χ1) is 47.9. The van der Waals surface area contributed by atoms with Crippen LogP contribution in [-0.2, 0) is 42.3 Å². The van der Waals surface area contributed by atoms with Crippen molar-refractivity contribution in [3.63, 3.8) is 0 Å². The van der Waals surface area contributed by atoms with Gasteiger partial charge in [-0.05, 0) is 215 Å². The number of aromatic nitrogens is 6. The van der Waals surface area contributed by atoms with Gasteiger partial charge in [-0.1, -0.05) is 108 Å². The van der Waals surface area contributed by atoms with E-state index in [9.17, 15) is 0 Å². The predicted molar refractivity (Wildman–Crippen MR) is 404 cm³/mol. The molecule has 6 nitrogen and oxygen atoms in total. The summed E-state index contributed by atoms with van der Waals surface area (Å²) in [4.78, 5) is 0. The summed E-state index contributed by atoms with van der Waals surface area (Å²) in [5.74, 6) is 0. The predicted octanol–water partition coefficient (Wildman–Crippen LogP) is 18.6. The van der Waals surface area contributed by atoms with Crippen molar-refractivity contribution in [2.75, 3.05) is 0 Å². The highest BCUT2D eigenvalue weighted by atomic mass is 15.0. The van der Waals surface area contributed by atoms with Gasteiger partial charge in [-0.2, -0.15) is 9.13 Å². The quantitative estimate of drug-likeness (QED) is 0.148. The zero-order valence-corrected chi connectivity index (χ0v) is 61.5. The zero-order chi connectivity index (χ0) is 75.2. The number of pyridine rings is 6. The molecule has 0 unspecified atom stereocenters. The van der Waals surface area contributed by atoms with Crippen LogP contribution in [0.2, 0.25) is 0 Å². The molecule has 6 aromatic heterocycles. The molecule has 0 spiro atoms. The highest BCUT2D eigenvalue weighted by molar-refractivity contribution is 5.67. The van der Waals surface area contributed by atoms with E-state index in [4.69, 9.17) is 8.22 Å². The highest BCUT2D eigenvalue weighted by Gasteiger charge is 2.20. The smallest absolute Gasteiger partial charge is 0.201 e. The Hall–Kier alpha value is -9.78. The number of nitrogens with zero attached hydrogens (tertiary/aromatic N) is 6. The van der Waals surface area contributed by atoms with E-state index in [1.165, 1.54) is 140 Å². The third kappa shape index (κ3) is 19.2. The van der Waals surface area contributed by atoms with Crippen LogP contribution < -0.4 is 27.4 Å². The van der Waals surface area contributed by atoms with Gasteiger partial charge in [-0.3, -0.25) is 0 Å². The molecule has 0 aliphatic heterocycles. The van der Waals surface area contributed by atoms with Crippen LogP contribution in [0.25, 0.3) is 67.5 Å². The van der Waals surface area contributed by atoms with Crippen molar-refractivity contribution in [3.8, 4) is 67.5 Å². The third-order valence-electron chi connectivity index (χ3n) is 18.0. The normalized spacial score (nSPS) is 11.7. The Bertz CT molecular complexity index is 4730. The van der Waals surface area contributed by atoms with Crippen molar-refractivity contribution in [3.05, 3.63) is 319 Å². The fourth-order valence-corrected chi connectivity index (χ4v) is 12.3. The van der Waals surface area contributed by atoms with E-state index in [1.54, 1.807) is 48.1 Å². The molecule has 6 heterocycles. The largest absolute Gasteiger partial charge is 0.215 e. The summed E-state index contributed by atoms with van der Waals surface area (Å²) in [6.07, 6.45) is 8.04. The molecule has 0 saturated carbocycles. The number of rotatable bonds is 6. The van der Waals surface area contributed by atoms with Crippen LogP contribution in [0.5, 0.6) is 0 Å². The van der Waals surface area contributed by atoms with E-state index >= 15 is 0 Å². The summed E-state index contributed by atoms with van der Waals surface area (Å²) in [7, 11) is 12.3. The molecule has 12 rings (SSSR count). The lowest BCUT2D eigenvalue weighted by Gasteiger charge is -2.08. The van der Waals surface area contributed by atoms with Gasteiger partial charge in [0, 0.05) is 126 Å². The van der Waals surface area contributed by atoms with Crippen molar-refractivity contribution in [1.82, 2.24) is 0 Å². The van der Waals surface area contributed by atoms with E-state index in [1.807, 2.05) is 6.92 Å².